The van der Waals surface area contributed by atoms with Crippen molar-refractivity contribution in [3.63, 3.8) is 0 Å². The molecule has 0 saturated heterocycles. The van der Waals surface area contributed by atoms with Crippen LogP contribution in [0.15, 0.2) is 46.9 Å². The van der Waals surface area contributed by atoms with Gasteiger partial charge in [-0.25, -0.2) is 0 Å². The fourth-order valence-electron chi connectivity index (χ4n) is 2.24. The van der Waals surface area contributed by atoms with Crippen molar-refractivity contribution in [2.75, 3.05) is 25.6 Å². The first kappa shape index (κ1) is 22.1. The lowest BCUT2D eigenvalue weighted by molar-refractivity contribution is 0.0977. The molecule has 2 aromatic carbocycles. The average Bonchev–Trinajstić information content (AvgIpc) is 2.63. The van der Waals surface area contributed by atoms with Crippen LogP contribution >= 0.6 is 28.1 Å². The van der Waals surface area contributed by atoms with E-state index in [1.54, 1.807) is 31.4 Å². The van der Waals surface area contributed by atoms with Crippen LogP contribution in [0.25, 0.3) is 0 Å². The lowest BCUT2D eigenvalue weighted by Gasteiger charge is -2.13. The smallest absolute Gasteiger partial charge is 0.257 e. The third kappa shape index (κ3) is 7.10. The van der Waals surface area contributed by atoms with Crippen molar-refractivity contribution in [2.24, 2.45) is 0 Å². The van der Waals surface area contributed by atoms with Crippen LogP contribution in [0.1, 0.15) is 24.2 Å². The normalized spacial score (nSPS) is 10.5. The summed E-state index contributed by atoms with van der Waals surface area (Å²) in [6, 6.07) is 12.4. The molecule has 6 nitrogen and oxygen atoms in total. The molecule has 0 heterocycles. The van der Waals surface area contributed by atoms with Crippen molar-refractivity contribution in [1.82, 2.24) is 5.32 Å². The number of carbonyl (C=O) groups excluding carboxylic acids is 1. The Kier molecular flexibility index (Phi) is 8.69. The maximum absolute atomic E-state index is 12.4. The summed E-state index contributed by atoms with van der Waals surface area (Å²) in [6.07, 6.45) is 0.0435. The molecule has 0 atom stereocenters. The number of methoxy groups -OCH3 is 1. The van der Waals surface area contributed by atoms with E-state index in [4.69, 9.17) is 26.4 Å². The standard InChI is InChI=1S/C20H23BrN2O4S/c1-13(2)27-18-8-7-14(11-17(18)21)19(24)23-20(28)22-15-5-4-6-16(12-15)26-10-9-25-3/h4-8,11-13H,9-10H2,1-3H3,(H2,22,23,24,28). The first-order chi connectivity index (χ1) is 13.4. The number of amides is 1. The van der Waals surface area contributed by atoms with E-state index >= 15 is 0 Å². The van der Waals surface area contributed by atoms with Crippen molar-refractivity contribution in [2.45, 2.75) is 20.0 Å². The van der Waals surface area contributed by atoms with Gasteiger partial charge in [0.25, 0.3) is 5.91 Å². The molecule has 2 aromatic rings. The lowest BCUT2D eigenvalue weighted by Crippen LogP contribution is -2.34. The Balaban J connectivity index is 1.95. The molecule has 150 valence electrons. The van der Waals surface area contributed by atoms with E-state index in [9.17, 15) is 4.79 Å². The number of benzene rings is 2. The SMILES string of the molecule is COCCOc1cccc(NC(=S)NC(=O)c2ccc(OC(C)C)c(Br)c2)c1. The summed E-state index contributed by atoms with van der Waals surface area (Å²) < 4.78 is 16.9. The summed E-state index contributed by atoms with van der Waals surface area (Å²) in [5.41, 5.74) is 1.17. The Morgan fingerprint density at radius 1 is 1.18 bits per heavy atom. The topological polar surface area (TPSA) is 68.8 Å². The predicted octanol–water partition coefficient (Wildman–Crippen LogP) is 4.39. The van der Waals surface area contributed by atoms with Crippen LogP contribution in [0.3, 0.4) is 0 Å². The van der Waals surface area contributed by atoms with E-state index in [0.29, 0.717) is 40.4 Å². The molecule has 0 unspecified atom stereocenters. The summed E-state index contributed by atoms with van der Waals surface area (Å²) in [5.74, 6) is 1.04. The van der Waals surface area contributed by atoms with E-state index in [2.05, 4.69) is 26.6 Å². The zero-order chi connectivity index (χ0) is 20.5. The highest BCUT2D eigenvalue weighted by molar-refractivity contribution is 9.10. The van der Waals surface area contributed by atoms with Crippen molar-refractivity contribution in [3.8, 4) is 11.5 Å². The van der Waals surface area contributed by atoms with Gasteiger partial charge in [0.15, 0.2) is 5.11 Å². The third-order valence-electron chi connectivity index (χ3n) is 3.43. The summed E-state index contributed by atoms with van der Waals surface area (Å²) in [5, 5.41) is 5.83. The Bertz CT molecular complexity index is 830. The average molecular weight is 467 g/mol. The molecule has 28 heavy (non-hydrogen) atoms. The maximum Gasteiger partial charge on any atom is 0.257 e. The van der Waals surface area contributed by atoms with Gasteiger partial charge in [-0.1, -0.05) is 6.07 Å². The minimum Gasteiger partial charge on any atom is -0.491 e. The zero-order valence-corrected chi connectivity index (χ0v) is 18.4. The maximum atomic E-state index is 12.4. The van der Waals surface area contributed by atoms with Gasteiger partial charge in [0.2, 0.25) is 0 Å². The highest BCUT2D eigenvalue weighted by Crippen LogP contribution is 2.27. The van der Waals surface area contributed by atoms with Crippen LogP contribution in [-0.4, -0.2) is 37.4 Å². The molecule has 2 rings (SSSR count). The second-order valence-corrected chi connectivity index (χ2v) is 7.35. The number of rotatable bonds is 8. The molecular formula is C20H23BrN2O4S. The van der Waals surface area contributed by atoms with E-state index in [1.807, 2.05) is 32.0 Å². The van der Waals surface area contributed by atoms with Gasteiger partial charge in [0.1, 0.15) is 18.1 Å². The molecule has 0 radical (unpaired) electrons. The van der Waals surface area contributed by atoms with Crippen molar-refractivity contribution < 1.29 is 19.0 Å². The molecule has 0 spiro atoms. The second-order valence-electron chi connectivity index (χ2n) is 6.09. The summed E-state index contributed by atoms with van der Waals surface area (Å²) in [7, 11) is 1.62. The van der Waals surface area contributed by atoms with Crippen LogP contribution in [0, 0.1) is 0 Å². The molecule has 0 fully saturated rings. The number of hydrogen-bond acceptors (Lipinski definition) is 5. The van der Waals surface area contributed by atoms with Crippen molar-refractivity contribution in [3.05, 3.63) is 52.5 Å². The van der Waals surface area contributed by atoms with Gasteiger partial charge in [-0.05, 0) is 72.3 Å². The number of hydrogen-bond donors (Lipinski definition) is 2. The molecule has 0 aromatic heterocycles. The fraction of sp³-hybridized carbons (Fsp3) is 0.300. The van der Waals surface area contributed by atoms with Crippen molar-refractivity contribution >= 4 is 44.9 Å². The fourth-order valence-corrected chi connectivity index (χ4v) is 2.92. The third-order valence-corrected chi connectivity index (χ3v) is 4.26. The van der Waals surface area contributed by atoms with Gasteiger partial charge in [-0.15, -0.1) is 0 Å². The number of halogens is 1. The van der Waals surface area contributed by atoms with Crippen molar-refractivity contribution in [1.29, 1.82) is 0 Å². The molecule has 0 aliphatic rings. The summed E-state index contributed by atoms with van der Waals surface area (Å²) >= 11 is 8.66. The van der Waals surface area contributed by atoms with Gasteiger partial charge in [0.05, 0.1) is 17.2 Å². The first-order valence-electron chi connectivity index (χ1n) is 8.69. The Morgan fingerprint density at radius 3 is 2.64 bits per heavy atom. The number of carbonyl (C=O) groups is 1. The van der Waals surface area contributed by atoms with Crippen LogP contribution in [0.2, 0.25) is 0 Å². The van der Waals surface area contributed by atoms with Gasteiger partial charge < -0.3 is 19.5 Å². The predicted molar refractivity (Wildman–Crippen MR) is 117 cm³/mol. The summed E-state index contributed by atoms with van der Waals surface area (Å²) in [4.78, 5) is 12.4. The molecule has 8 heteroatoms. The molecular weight excluding hydrogens is 444 g/mol. The summed E-state index contributed by atoms with van der Waals surface area (Å²) in [6.45, 7) is 4.83. The van der Waals surface area contributed by atoms with Gasteiger partial charge in [-0.3, -0.25) is 10.1 Å². The molecule has 2 N–H and O–H groups in total. The molecule has 0 bridgehead atoms. The van der Waals surface area contributed by atoms with E-state index < -0.39 is 0 Å². The zero-order valence-electron chi connectivity index (χ0n) is 16.0. The molecule has 0 aliphatic carbocycles. The van der Waals surface area contributed by atoms with E-state index in [1.165, 1.54) is 0 Å². The minimum atomic E-state index is -0.318. The van der Waals surface area contributed by atoms with Crippen LogP contribution in [0.5, 0.6) is 11.5 Å². The van der Waals surface area contributed by atoms with Crippen LogP contribution < -0.4 is 20.1 Å². The minimum absolute atomic E-state index is 0.0435. The molecule has 0 saturated carbocycles. The molecule has 1 amide bonds. The largest absolute Gasteiger partial charge is 0.491 e. The van der Waals surface area contributed by atoms with Gasteiger partial charge in [0, 0.05) is 24.4 Å². The number of nitrogens with one attached hydrogen (secondary N) is 2. The van der Waals surface area contributed by atoms with Gasteiger partial charge >= 0.3 is 0 Å². The number of anilines is 1. The first-order valence-corrected chi connectivity index (χ1v) is 9.89. The van der Waals surface area contributed by atoms with Gasteiger partial charge in [-0.2, -0.15) is 0 Å². The Labute approximate surface area is 178 Å². The van der Waals surface area contributed by atoms with Crippen LogP contribution in [-0.2, 0) is 4.74 Å². The molecule has 0 aliphatic heterocycles. The lowest BCUT2D eigenvalue weighted by atomic mass is 10.2. The highest BCUT2D eigenvalue weighted by Gasteiger charge is 2.12. The monoisotopic (exact) mass is 466 g/mol. The Morgan fingerprint density at radius 2 is 1.96 bits per heavy atom. The number of ether oxygens (including phenoxy) is 3. The van der Waals surface area contributed by atoms with Crippen LogP contribution in [0.4, 0.5) is 5.69 Å². The second kappa shape index (κ2) is 11.0. The van der Waals surface area contributed by atoms with E-state index in [-0.39, 0.29) is 17.1 Å². The van der Waals surface area contributed by atoms with E-state index in [0.717, 1.165) is 0 Å². The number of thiocarbonyl (C=S) groups is 1. The Hall–Kier alpha value is -2.16. The quantitative estimate of drug-likeness (QED) is 0.444. The highest BCUT2D eigenvalue weighted by atomic mass is 79.9.